The van der Waals surface area contributed by atoms with Crippen LogP contribution in [0.2, 0.25) is 0 Å². The van der Waals surface area contributed by atoms with Gasteiger partial charge in [0, 0.05) is 7.05 Å². The quantitative estimate of drug-likeness (QED) is 0.484. The predicted octanol–water partition coefficient (Wildman–Crippen LogP) is -0.302. The third kappa shape index (κ3) is 7.03. The van der Waals surface area contributed by atoms with Crippen molar-refractivity contribution in [2.75, 3.05) is 26.8 Å². The summed E-state index contributed by atoms with van der Waals surface area (Å²) >= 11 is 0. The van der Waals surface area contributed by atoms with E-state index in [1.165, 1.54) is 31.0 Å². The van der Waals surface area contributed by atoms with Crippen LogP contribution in [0, 0.1) is 0 Å². The van der Waals surface area contributed by atoms with Gasteiger partial charge in [0.15, 0.2) is 0 Å². The standard InChI is InChI=1S/C12H21NO5/c1-4-18-11(16)9-13(3)10(15)8-12(2,17)6-5-7-14/h5-6,14,17H,4,7-9H2,1-3H3/b6-5+. The second-order valence-corrected chi connectivity index (χ2v) is 4.17. The first-order chi connectivity index (χ1) is 8.32. The first-order valence-corrected chi connectivity index (χ1v) is 5.73. The van der Waals surface area contributed by atoms with Gasteiger partial charge < -0.3 is 19.8 Å². The minimum atomic E-state index is -1.34. The van der Waals surface area contributed by atoms with E-state index in [9.17, 15) is 14.7 Å². The molecule has 0 bridgehead atoms. The third-order valence-electron chi connectivity index (χ3n) is 2.19. The molecule has 1 atom stereocenters. The summed E-state index contributed by atoms with van der Waals surface area (Å²) in [6, 6.07) is 0. The van der Waals surface area contributed by atoms with Gasteiger partial charge in [0.05, 0.1) is 25.2 Å². The van der Waals surface area contributed by atoms with Crippen LogP contribution in [0.25, 0.3) is 0 Å². The van der Waals surface area contributed by atoms with Gasteiger partial charge in [-0.05, 0) is 13.8 Å². The van der Waals surface area contributed by atoms with Gasteiger partial charge in [-0.25, -0.2) is 0 Å². The van der Waals surface area contributed by atoms with Crippen molar-refractivity contribution >= 4 is 11.9 Å². The highest BCUT2D eigenvalue weighted by Crippen LogP contribution is 2.12. The van der Waals surface area contributed by atoms with Crippen molar-refractivity contribution in [2.45, 2.75) is 25.9 Å². The maximum absolute atomic E-state index is 11.7. The Morgan fingerprint density at radius 2 is 2.06 bits per heavy atom. The summed E-state index contributed by atoms with van der Waals surface area (Å²) in [7, 11) is 1.46. The molecular formula is C12H21NO5. The Morgan fingerprint density at radius 3 is 2.56 bits per heavy atom. The van der Waals surface area contributed by atoms with E-state index in [-0.39, 0.29) is 32.1 Å². The highest BCUT2D eigenvalue weighted by atomic mass is 16.5. The number of amides is 1. The summed E-state index contributed by atoms with van der Waals surface area (Å²) in [6.45, 7) is 3.05. The molecule has 0 aliphatic rings. The molecule has 0 aromatic heterocycles. The number of rotatable bonds is 7. The fourth-order valence-electron chi connectivity index (χ4n) is 1.30. The van der Waals surface area contributed by atoms with Gasteiger partial charge in [0.25, 0.3) is 0 Å². The van der Waals surface area contributed by atoms with Crippen molar-refractivity contribution < 1.29 is 24.5 Å². The molecule has 0 spiro atoms. The monoisotopic (exact) mass is 259 g/mol. The fourth-order valence-corrected chi connectivity index (χ4v) is 1.30. The second kappa shape index (κ2) is 7.84. The molecule has 0 aliphatic heterocycles. The Morgan fingerprint density at radius 1 is 1.44 bits per heavy atom. The number of esters is 1. The normalized spacial score (nSPS) is 14.3. The molecule has 0 saturated carbocycles. The summed E-state index contributed by atoms with van der Waals surface area (Å²) in [5.74, 6) is -0.866. The van der Waals surface area contributed by atoms with Crippen molar-refractivity contribution in [3.63, 3.8) is 0 Å². The van der Waals surface area contributed by atoms with Crippen LogP contribution in [0.5, 0.6) is 0 Å². The smallest absolute Gasteiger partial charge is 0.325 e. The molecule has 18 heavy (non-hydrogen) atoms. The van der Waals surface area contributed by atoms with Crippen molar-refractivity contribution in [1.29, 1.82) is 0 Å². The molecule has 104 valence electrons. The summed E-state index contributed by atoms with van der Waals surface area (Å²) < 4.78 is 4.72. The minimum Gasteiger partial charge on any atom is -0.465 e. The third-order valence-corrected chi connectivity index (χ3v) is 2.19. The molecule has 0 heterocycles. The van der Waals surface area contributed by atoms with E-state index >= 15 is 0 Å². The fraction of sp³-hybridized carbons (Fsp3) is 0.667. The largest absolute Gasteiger partial charge is 0.465 e. The number of carbonyl (C=O) groups excluding carboxylic acids is 2. The van der Waals surface area contributed by atoms with Crippen LogP contribution in [0.3, 0.4) is 0 Å². The lowest BCUT2D eigenvalue weighted by atomic mass is 10.0. The molecule has 6 nitrogen and oxygen atoms in total. The first-order valence-electron chi connectivity index (χ1n) is 5.73. The van der Waals surface area contributed by atoms with Crippen LogP contribution in [-0.4, -0.2) is 59.4 Å². The number of ether oxygens (including phenoxy) is 1. The lowest BCUT2D eigenvalue weighted by Crippen LogP contribution is -2.37. The number of carbonyl (C=O) groups is 2. The van der Waals surface area contributed by atoms with Crippen molar-refractivity contribution in [3.8, 4) is 0 Å². The Balaban J connectivity index is 4.31. The number of likely N-dealkylation sites (N-methyl/N-ethyl adjacent to an activating group) is 1. The lowest BCUT2D eigenvalue weighted by molar-refractivity contribution is -0.149. The molecule has 0 fully saturated rings. The molecule has 2 N–H and O–H groups in total. The number of hydrogen-bond donors (Lipinski definition) is 2. The molecule has 0 aromatic carbocycles. The van der Waals surface area contributed by atoms with Gasteiger partial charge >= 0.3 is 5.97 Å². The topological polar surface area (TPSA) is 87.1 Å². The Bertz CT molecular complexity index is 312. The molecule has 0 radical (unpaired) electrons. The number of nitrogens with zero attached hydrogens (tertiary/aromatic N) is 1. The van der Waals surface area contributed by atoms with Gasteiger partial charge in [0.2, 0.25) is 5.91 Å². The van der Waals surface area contributed by atoms with Crippen LogP contribution in [0.1, 0.15) is 20.3 Å². The molecule has 0 rings (SSSR count). The Hall–Kier alpha value is -1.40. The lowest BCUT2D eigenvalue weighted by Gasteiger charge is -2.22. The van der Waals surface area contributed by atoms with Gasteiger partial charge in [0.1, 0.15) is 6.54 Å². The van der Waals surface area contributed by atoms with Gasteiger partial charge in [-0.3, -0.25) is 9.59 Å². The molecule has 1 amide bonds. The van der Waals surface area contributed by atoms with Crippen LogP contribution in [0.15, 0.2) is 12.2 Å². The van der Waals surface area contributed by atoms with Crippen LogP contribution in [-0.2, 0) is 14.3 Å². The molecule has 0 aromatic rings. The van der Waals surface area contributed by atoms with Crippen molar-refractivity contribution in [3.05, 3.63) is 12.2 Å². The average molecular weight is 259 g/mol. The van der Waals surface area contributed by atoms with Gasteiger partial charge in [-0.1, -0.05) is 12.2 Å². The highest BCUT2D eigenvalue weighted by Gasteiger charge is 2.24. The Labute approximate surface area is 107 Å². The molecule has 6 heteroatoms. The Kier molecular flexibility index (Phi) is 7.23. The summed E-state index contributed by atoms with van der Waals surface area (Å²) in [6.07, 6.45) is 2.54. The van der Waals surface area contributed by atoms with E-state index in [1.54, 1.807) is 6.92 Å². The summed E-state index contributed by atoms with van der Waals surface area (Å²) in [4.78, 5) is 24.1. The SMILES string of the molecule is CCOC(=O)CN(C)C(=O)CC(C)(O)/C=C/CO. The van der Waals surface area contributed by atoms with E-state index < -0.39 is 11.6 Å². The van der Waals surface area contributed by atoms with E-state index in [4.69, 9.17) is 9.84 Å². The highest BCUT2D eigenvalue weighted by molar-refractivity contribution is 5.82. The van der Waals surface area contributed by atoms with E-state index in [1.807, 2.05) is 0 Å². The molecule has 1 unspecified atom stereocenters. The number of aliphatic hydroxyl groups is 2. The maximum atomic E-state index is 11.7. The number of hydrogen-bond acceptors (Lipinski definition) is 5. The zero-order valence-corrected chi connectivity index (χ0v) is 11.0. The molecule has 0 saturated heterocycles. The second-order valence-electron chi connectivity index (χ2n) is 4.17. The van der Waals surface area contributed by atoms with Crippen molar-refractivity contribution in [2.24, 2.45) is 0 Å². The van der Waals surface area contributed by atoms with E-state index in [0.717, 1.165) is 0 Å². The zero-order valence-electron chi connectivity index (χ0n) is 11.0. The van der Waals surface area contributed by atoms with E-state index in [0.29, 0.717) is 0 Å². The van der Waals surface area contributed by atoms with Crippen LogP contribution < -0.4 is 0 Å². The minimum absolute atomic E-state index is 0.146. The van der Waals surface area contributed by atoms with Gasteiger partial charge in [-0.15, -0.1) is 0 Å². The first kappa shape index (κ1) is 16.6. The zero-order chi connectivity index (χ0) is 14.2. The van der Waals surface area contributed by atoms with Crippen molar-refractivity contribution in [1.82, 2.24) is 4.90 Å². The predicted molar refractivity (Wildman–Crippen MR) is 65.7 cm³/mol. The molecule has 0 aliphatic carbocycles. The number of aliphatic hydroxyl groups excluding tert-OH is 1. The average Bonchev–Trinajstić information content (AvgIpc) is 2.26. The van der Waals surface area contributed by atoms with Gasteiger partial charge in [-0.2, -0.15) is 0 Å². The van der Waals surface area contributed by atoms with Crippen LogP contribution in [0.4, 0.5) is 0 Å². The maximum Gasteiger partial charge on any atom is 0.325 e. The summed E-state index contributed by atoms with van der Waals surface area (Å²) in [5, 5.41) is 18.4. The molecular weight excluding hydrogens is 238 g/mol. The van der Waals surface area contributed by atoms with E-state index in [2.05, 4.69) is 0 Å². The summed E-state index contributed by atoms with van der Waals surface area (Å²) in [5.41, 5.74) is -1.34. The van der Waals surface area contributed by atoms with Crippen LogP contribution >= 0.6 is 0 Å².